The van der Waals surface area contributed by atoms with E-state index in [4.69, 9.17) is 14.2 Å². The number of esters is 3. The molecule has 6 heteroatoms. The molecule has 2 atom stereocenters. The first-order valence-electron chi connectivity index (χ1n) is 29.3. The third-order valence-corrected chi connectivity index (χ3v) is 13.8. The lowest BCUT2D eigenvalue weighted by atomic mass is 9.99. The van der Waals surface area contributed by atoms with E-state index in [2.05, 4.69) is 34.6 Å². The Kier molecular flexibility index (Phi) is 50.5. The van der Waals surface area contributed by atoms with E-state index in [1.54, 1.807) is 0 Å². The highest BCUT2D eigenvalue weighted by molar-refractivity contribution is 5.71. The number of rotatable bonds is 53. The van der Waals surface area contributed by atoms with Crippen LogP contribution in [-0.4, -0.2) is 37.2 Å². The minimum Gasteiger partial charge on any atom is -0.462 e. The van der Waals surface area contributed by atoms with Crippen LogP contribution in [0.3, 0.4) is 0 Å². The van der Waals surface area contributed by atoms with Crippen LogP contribution in [0.2, 0.25) is 0 Å². The molecular weight excluding hydrogens is 805 g/mol. The smallest absolute Gasteiger partial charge is 0.306 e. The van der Waals surface area contributed by atoms with Gasteiger partial charge < -0.3 is 14.2 Å². The van der Waals surface area contributed by atoms with E-state index in [1.165, 1.54) is 218 Å². The number of carbonyl (C=O) groups excluding carboxylic acids is 3. The van der Waals surface area contributed by atoms with Crippen molar-refractivity contribution in [2.24, 2.45) is 11.8 Å². The molecule has 0 saturated heterocycles. The van der Waals surface area contributed by atoms with Gasteiger partial charge in [0.25, 0.3) is 0 Å². The quantitative estimate of drug-likeness (QED) is 0.0344. The van der Waals surface area contributed by atoms with Crippen molar-refractivity contribution >= 4 is 17.9 Å². The van der Waals surface area contributed by atoms with Crippen molar-refractivity contribution in [1.29, 1.82) is 0 Å². The van der Waals surface area contributed by atoms with Crippen molar-refractivity contribution in [3.8, 4) is 0 Å². The Labute approximate surface area is 406 Å². The van der Waals surface area contributed by atoms with Crippen LogP contribution in [0.4, 0.5) is 0 Å². The highest BCUT2D eigenvalue weighted by Crippen LogP contribution is 2.19. The summed E-state index contributed by atoms with van der Waals surface area (Å²) < 4.78 is 16.9. The molecule has 0 saturated carbocycles. The van der Waals surface area contributed by atoms with Crippen molar-refractivity contribution in [3.63, 3.8) is 0 Å². The number of hydrogen-bond donors (Lipinski definition) is 0. The average Bonchev–Trinajstić information content (AvgIpc) is 3.29. The van der Waals surface area contributed by atoms with Crippen LogP contribution in [0.1, 0.15) is 330 Å². The van der Waals surface area contributed by atoms with Crippen LogP contribution in [0.25, 0.3) is 0 Å². The standard InChI is InChI=1S/C59H114O6/c1-6-8-9-10-11-12-13-14-15-16-20-23-29-34-39-44-49-57(60)63-52-56(65-59(62)51-46-41-36-31-26-25-28-33-38-43-48-55(5)7-2)53-64-58(61)50-45-40-35-30-24-21-18-17-19-22-27-32-37-42-47-54(3)4/h54-56H,6-53H2,1-5H3/t55?,56-/m0/s1. The van der Waals surface area contributed by atoms with Crippen molar-refractivity contribution in [3.05, 3.63) is 0 Å². The van der Waals surface area contributed by atoms with Gasteiger partial charge in [-0.3, -0.25) is 14.4 Å². The highest BCUT2D eigenvalue weighted by atomic mass is 16.6. The minimum absolute atomic E-state index is 0.0627. The minimum atomic E-state index is -0.763. The first-order valence-corrected chi connectivity index (χ1v) is 29.3. The molecule has 0 N–H and O–H groups in total. The predicted octanol–water partition coefficient (Wildman–Crippen LogP) is 19.3. The summed E-state index contributed by atoms with van der Waals surface area (Å²) in [5, 5.41) is 0. The zero-order valence-corrected chi connectivity index (χ0v) is 44.6. The van der Waals surface area contributed by atoms with Gasteiger partial charge in [-0.2, -0.15) is 0 Å². The van der Waals surface area contributed by atoms with Gasteiger partial charge in [0.05, 0.1) is 0 Å². The molecule has 386 valence electrons. The number of unbranched alkanes of at least 4 members (excludes halogenated alkanes) is 37. The van der Waals surface area contributed by atoms with Gasteiger partial charge in [-0.15, -0.1) is 0 Å². The summed E-state index contributed by atoms with van der Waals surface area (Å²) in [7, 11) is 0. The highest BCUT2D eigenvalue weighted by Gasteiger charge is 2.19. The predicted molar refractivity (Wildman–Crippen MR) is 280 cm³/mol. The molecule has 0 rings (SSSR count). The summed E-state index contributed by atoms with van der Waals surface area (Å²) in [6.07, 6.45) is 55.1. The summed E-state index contributed by atoms with van der Waals surface area (Å²) in [5.41, 5.74) is 0. The molecule has 0 aliphatic heterocycles. The molecule has 0 heterocycles. The lowest BCUT2D eigenvalue weighted by Crippen LogP contribution is -2.30. The van der Waals surface area contributed by atoms with E-state index in [1.807, 2.05) is 0 Å². The van der Waals surface area contributed by atoms with Crippen LogP contribution in [0.5, 0.6) is 0 Å². The molecular formula is C59H114O6. The van der Waals surface area contributed by atoms with Crippen LogP contribution in [0, 0.1) is 11.8 Å². The van der Waals surface area contributed by atoms with Crippen LogP contribution < -0.4 is 0 Å². The van der Waals surface area contributed by atoms with E-state index in [-0.39, 0.29) is 31.1 Å². The first kappa shape index (κ1) is 63.4. The summed E-state index contributed by atoms with van der Waals surface area (Å²) >= 11 is 0. The Morgan fingerprint density at radius 2 is 0.585 bits per heavy atom. The normalized spacial score (nSPS) is 12.5. The van der Waals surface area contributed by atoms with E-state index in [9.17, 15) is 14.4 Å². The van der Waals surface area contributed by atoms with Gasteiger partial charge in [0.1, 0.15) is 13.2 Å². The molecule has 0 aliphatic rings. The van der Waals surface area contributed by atoms with E-state index < -0.39 is 6.10 Å². The Balaban J connectivity index is 4.30. The van der Waals surface area contributed by atoms with E-state index in [0.29, 0.717) is 19.3 Å². The number of hydrogen-bond acceptors (Lipinski definition) is 6. The molecule has 0 aliphatic carbocycles. The molecule has 0 fully saturated rings. The summed E-state index contributed by atoms with van der Waals surface area (Å²) in [4.78, 5) is 38.2. The zero-order chi connectivity index (χ0) is 47.5. The maximum atomic E-state index is 12.8. The average molecular weight is 920 g/mol. The molecule has 1 unspecified atom stereocenters. The maximum absolute atomic E-state index is 12.8. The van der Waals surface area contributed by atoms with Gasteiger partial charge in [0.15, 0.2) is 6.10 Å². The topological polar surface area (TPSA) is 78.9 Å². The fraction of sp³-hybridized carbons (Fsp3) is 0.949. The molecule has 65 heavy (non-hydrogen) atoms. The van der Waals surface area contributed by atoms with Crippen LogP contribution in [-0.2, 0) is 28.6 Å². The Hall–Kier alpha value is -1.59. The molecule has 0 spiro atoms. The van der Waals surface area contributed by atoms with Crippen molar-refractivity contribution in [1.82, 2.24) is 0 Å². The van der Waals surface area contributed by atoms with E-state index >= 15 is 0 Å². The fourth-order valence-electron chi connectivity index (χ4n) is 9.02. The third-order valence-electron chi connectivity index (χ3n) is 13.8. The second kappa shape index (κ2) is 51.8. The largest absolute Gasteiger partial charge is 0.462 e. The van der Waals surface area contributed by atoms with Gasteiger partial charge in [-0.25, -0.2) is 0 Å². The molecule has 0 aromatic rings. The molecule has 0 aromatic carbocycles. The van der Waals surface area contributed by atoms with Gasteiger partial charge in [0, 0.05) is 19.3 Å². The van der Waals surface area contributed by atoms with Gasteiger partial charge >= 0.3 is 17.9 Å². The Bertz CT molecular complexity index is 995. The van der Waals surface area contributed by atoms with Crippen molar-refractivity contribution < 1.29 is 28.6 Å². The summed E-state index contributed by atoms with van der Waals surface area (Å²) in [6, 6.07) is 0. The van der Waals surface area contributed by atoms with Gasteiger partial charge in [-0.1, -0.05) is 291 Å². The van der Waals surface area contributed by atoms with Gasteiger partial charge in [-0.05, 0) is 31.1 Å². The summed E-state index contributed by atoms with van der Waals surface area (Å²) in [5.74, 6) is 0.873. The molecule has 0 amide bonds. The van der Waals surface area contributed by atoms with Crippen molar-refractivity contribution in [2.45, 2.75) is 336 Å². The molecule has 0 bridgehead atoms. The zero-order valence-electron chi connectivity index (χ0n) is 44.6. The second-order valence-electron chi connectivity index (χ2n) is 21.0. The van der Waals surface area contributed by atoms with Crippen LogP contribution in [0.15, 0.2) is 0 Å². The third kappa shape index (κ3) is 51.6. The molecule has 0 aromatic heterocycles. The number of carbonyl (C=O) groups is 3. The molecule has 0 radical (unpaired) electrons. The fourth-order valence-corrected chi connectivity index (χ4v) is 9.02. The Morgan fingerprint density at radius 3 is 0.877 bits per heavy atom. The SMILES string of the molecule is CCCCCCCCCCCCCCCCCCC(=O)OC[C@@H](COC(=O)CCCCCCCCCCCCCCCCC(C)C)OC(=O)CCCCCCCCCCCCC(C)CC. The Morgan fingerprint density at radius 1 is 0.323 bits per heavy atom. The maximum Gasteiger partial charge on any atom is 0.306 e. The lowest BCUT2D eigenvalue weighted by Gasteiger charge is -2.18. The number of ether oxygens (including phenoxy) is 3. The summed E-state index contributed by atoms with van der Waals surface area (Å²) in [6.45, 7) is 11.4. The van der Waals surface area contributed by atoms with Crippen molar-refractivity contribution in [2.75, 3.05) is 13.2 Å². The monoisotopic (exact) mass is 919 g/mol. The second-order valence-corrected chi connectivity index (χ2v) is 21.0. The molecule has 6 nitrogen and oxygen atoms in total. The van der Waals surface area contributed by atoms with Gasteiger partial charge in [0.2, 0.25) is 0 Å². The van der Waals surface area contributed by atoms with E-state index in [0.717, 1.165) is 69.6 Å². The van der Waals surface area contributed by atoms with Crippen LogP contribution >= 0.6 is 0 Å². The first-order chi connectivity index (χ1) is 31.8. The lowest BCUT2D eigenvalue weighted by molar-refractivity contribution is -0.167.